The zero-order chi connectivity index (χ0) is 21.7. The summed E-state index contributed by atoms with van der Waals surface area (Å²) in [4.78, 5) is 37.1. The third-order valence-corrected chi connectivity index (χ3v) is 4.61. The first-order valence-electron chi connectivity index (χ1n) is 9.11. The lowest BCUT2D eigenvalue weighted by molar-refractivity contribution is -0.143. The van der Waals surface area contributed by atoms with Crippen LogP contribution in [0.1, 0.15) is 39.2 Å². The normalized spacial score (nSPS) is 16.9. The quantitative estimate of drug-likeness (QED) is 0.559. The smallest absolute Gasteiger partial charge is 0.337 e. The highest BCUT2D eigenvalue weighted by Crippen LogP contribution is 2.42. The van der Waals surface area contributed by atoms with E-state index in [1.54, 1.807) is 45.0 Å². The summed E-state index contributed by atoms with van der Waals surface area (Å²) in [6.07, 6.45) is 2.48. The molecule has 1 N–H and O–H groups in total. The maximum atomic E-state index is 12.9. The minimum absolute atomic E-state index is 0.166. The van der Waals surface area contributed by atoms with E-state index in [9.17, 15) is 14.4 Å². The number of hydrogen-bond acceptors (Lipinski definition) is 6. The average molecular weight is 418 g/mol. The molecule has 1 atom stereocenters. The van der Waals surface area contributed by atoms with E-state index in [1.165, 1.54) is 26.2 Å². The van der Waals surface area contributed by atoms with E-state index in [0.717, 1.165) is 0 Å². The van der Waals surface area contributed by atoms with Gasteiger partial charge in [-0.1, -0.05) is 29.8 Å². The third kappa shape index (κ3) is 5.15. The molecule has 0 aromatic heterocycles. The first-order valence-corrected chi connectivity index (χ1v) is 9.49. The molecule has 0 spiro atoms. The predicted molar refractivity (Wildman–Crippen MR) is 110 cm³/mol. The lowest BCUT2D eigenvalue weighted by Gasteiger charge is -2.31. The van der Waals surface area contributed by atoms with E-state index < -0.39 is 17.9 Å². The topological polar surface area (TPSA) is 81.7 Å². The Morgan fingerprint density at radius 1 is 1.14 bits per heavy atom. The Hall–Kier alpha value is -2.86. The second kappa shape index (κ2) is 9.56. The van der Waals surface area contributed by atoms with Gasteiger partial charge in [0.2, 0.25) is 0 Å². The second-order valence-electron chi connectivity index (χ2n) is 6.84. The summed E-state index contributed by atoms with van der Waals surface area (Å²) in [5, 5.41) is 3.42. The second-order valence-corrected chi connectivity index (χ2v) is 7.24. The molecule has 0 unspecified atom stereocenters. The molecule has 7 heteroatoms. The lowest BCUT2D eigenvalue weighted by atomic mass is 9.80. The highest BCUT2D eigenvalue weighted by atomic mass is 35.5. The van der Waals surface area contributed by atoms with Crippen LogP contribution in [0, 0.1) is 0 Å². The molecule has 0 amide bonds. The molecule has 1 aromatic carbocycles. The van der Waals surface area contributed by atoms with Crippen molar-refractivity contribution >= 4 is 29.3 Å². The van der Waals surface area contributed by atoms with Crippen LogP contribution in [-0.2, 0) is 23.9 Å². The van der Waals surface area contributed by atoms with Crippen LogP contribution >= 0.6 is 11.6 Å². The minimum Gasteiger partial charge on any atom is -0.466 e. The number of carbonyl (C=O) groups is 3. The van der Waals surface area contributed by atoms with Crippen molar-refractivity contribution < 1.29 is 23.9 Å². The third-order valence-electron chi connectivity index (χ3n) is 4.26. The number of ketones is 1. The highest BCUT2D eigenvalue weighted by molar-refractivity contribution is 6.31. The number of carbonyl (C=O) groups excluding carboxylic acids is 3. The molecule has 0 bridgehead atoms. The summed E-state index contributed by atoms with van der Waals surface area (Å²) in [6, 6.07) is 6.95. The summed E-state index contributed by atoms with van der Waals surface area (Å²) in [6.45, 7) is 6.59. The number of dihydropyridines is 1. The Bertz CT molecular complexity index is 927. The van der Waals surface area contributed by atoms with Crippen molar-refractivity contribution in [3.8, 4) is 0 Å². The van der Waals surface area contributed by atoms with Gasteiger partial charge in [-0.05, 0) is 51.5 Å². The first-order chi connectivity index (χ1) is 13.7. The molecular weight excluding hydrogens is 394 g/mol. The summed E-state index contributed by atoms with van der Waals surface area (Å²) >= 11 is 6.43. The molecule has 154 valence electrons. The highest BCUT2D eigenvalue weighted by Gasteiger charge is 2.39. The molecule has 6 nitrogen and oxygen atoms in total. The van der Waals surface area contributed by atoms with Gasteiger partial charge < -0.3 is 14.8 Å². The van der Waals surface area contributed by atoms with Crippen molar-refractivity contribution in [2.45, 2.75) is 39.7 Å². The number of methoxy groups -OCH3 is 1. The monoisotopic (exact) mass is 417 g/mol. The number of ether oxygens (including phenoxy) is 2. The van der Waals surface area contributed by atoms with Gasteiger partial charge in [0, 0.05) is 16.4 Å². The van der Waals surface area contributed by atoms with E-state index in [2.05, 4.69) is 5.32 Å². The van der Waals surface area contributed by atoms with Crippen molar-refractivity contribution in [3.63, 3.8) is 0 Å². The zero-order valence-electron chi connectivity index (χ0n) is 17.0. The van der Waals surface area contributed by atoms with Gasteiger partial charge in [0.05, 0.1) is 30.3 Å². The molecule has 1 heterocycles. The van der Waals surface area contributed by atoms with Gasteiger partial charge in [-0.15, -0.1) is 0 Å². The summed E-state index contributed by atoms with van der Waals surface area (Å²) < 4.78 is 10.4. The van der Waals surface area contributed by atoms with E-state index in [0.29, 0.717) is 22.0 Å². The van der Waals surface area contributed by atoms with Gasteiger partial charge in [0.15, 0.2) is 5.78 Å². The minimum atomic E-state index is -0.824. The summed E-state index contributed by atoms with van der Waals surface area (Å²) in [5.41, 5.74) is 1.83. The fourth-order valence-corrected chi connectivity index (χ4v) is 3.34. The number of nitrogens with one attached hydrogen (secondary N) is 1. The molecule has 0 fully saturated rings. The van der Waals surface area contributed by atoms with Crippen molar-refractivity contribution in [3.05, 3.63) is 69.5 Å². The van der Waals surface area contributed by atoms with Gasteiger partial charge in [-0.25, -0.2) is 9.59 Å². The van der Waals surface area contributed by atoms with Crippen LogP contribution in [0.4, 0.5) is 0 Å². The fraction of sp³-hybridized carbons (Fsp3) is 0.318. The van der Waals surface area contributed by atoms with E-state index in [4.69, 9.17) is 21.1 Å². The van der Waals surface area contributed by atoms with Crippen LogP contribution in [0.15, 0.2) is 59.0 Å². The maximum absolute atomic E-state index is 12.9. The van der Waals surface area contributed by atoms with Crippen molar-refractivity contribution in [1.29, 1.82) is 0 Å². The molecule has 0 radical (unpaired) electrons. The zero-order valence-corrected chi connectivity index (χ0v) is 17.8. The first kappa shape index (κ1) is 22.4. The van der Waals surface area contributed by atoms with E-state index in [1.807, 2.05) is 0 Å². The number of hydrogen-bond donors (Lipinski definition) is 1. The Morgan fingerprint density at radius 3 is 2.34 bits per heavy atom. The van der Waals surface area contributed by atoms with Crippen LogP contribution < -0.4 is 5.32 Å². The van der Waals surface area contributed by atoms with Gasteiger partial charge in [-0.3, -0.25) is 4.79 Å². The van der Waals surface area contributed by atoms with Crippen LogP contribution in [-0.4, -0.2) is 30.9 Å². The molecular formula is C22H24ClNO5. The van der Waals surface area contributed by atoms with Crippen molar-refractivity contribution in [2.24, 2.45) is 0 Å². The van der Waals surface area contributed by atoms with Gasteiger partial charge in [0.25, 0.3) is 0 Å². The maximum Gasteiger partial charge on any atom is 0.337 e. The SMILES string of the molecule is COC(=O)C1=C(/C=C/C(C)=O)NC(C)=C(C(=O)OC(C)C)[C@H]1c1ccccc1Cl. The number of rotatable bonds is 6. The van der Waals surface area contributed by atoms with Crippen molar-refractivity contribution in [1.82, 2.24) is 5.32 Å². The van der Waals surface area contributed by atoms with Gasteiger partial charge in [0.1, 0.15) is 0 Å². The van der Waals surface area contributed by atoms with E-state index in [-0.39, 0.29) is 23.0 Å². The van der Waals surface area contributed by atoms with Crippen LogP contribution in [0.3, 0.4) is 0 Å². The Morgan fingerprint density at radius 2 is 1.79 bits per heavy atom. The van der Waals surface area contributed by atoms with Gasteiger partial charge in [-0.2, -0.15) is 0 Å². The molecule has 0 saturated heterocycles. The Balaban J connectivity index is 2.78. The molecule has 1 aliphatic heterocycles. The molecule has 2 rings (SSSR count). The Kier molecular flexibility index (Phi) is 7.40. The molecule has 29 heavy (non-hydrogen) atoms. The molecule has 0 aliphatic carbocycles. The molecule has 0 saturated carbocycles. The number of allylic oxidation sites excluding steroid dienone is 3. The molecule has 1 aliphatic rings. The average Bonchev–Trinajstić information content (AvgIpc) is 2.64. The van der Waals surface area contributed by atoms with Crippen LogP contribution in [0.5, 0.6) is 0 Å². The molecule has 1 aromatic rings. The van der Waals surface area contributed by atoms with E-state index >= 15 is 0 Å². The standard InChI is InChI=1S/C22H24ClNO5/c1-12(2)29-22(27)18-14(4)24-17(11-10-13(3)25)20(21(26)28-5)19(18)15-8-6-7-9-16(15)23/h6-12,19,24H,1-5H3/b11-10+/t19-/m1/s1. The largest absolute Gasteiger partial charge is 0.466 e. The summed E-state index contributed by atoms with van der Waals surface area (Å²) in [5.74, 6) is -2.22. The van der Waals surface area contributed by atoms with Crippen LogP contribution in [0.25, 0.3) is 0 Å². The van der Waals surface area contributed by atoms with Crippen molar-refractivity contribution in [2.75, 3.05) is 7.11 Å². The number of benzene rings is 1. The fourth-order valence-electron chi connectivity index (χ4n) is 3.09. The number of halogens is 1. The predicted octanol–water partition coefficient (Wildman–Crippen LogP) is 3.82. The van der Waals surface area contributed by atoms with Gasteiger partial charge >= 0.3 is 11.9 Å². The lowest BCUT2D eigenvalue weighted by Crippen LogP contribution is -2.33. The number of esters is 2. The Labute approximate surface area is 175 Å². The summed E-state index contributed by atoms with van der Waals surface area (Å²) in [7, 11) is 1.25. The van der Waals surface area contributed by atoms with Crippen LogP contribution in [0.2, 0.25) is 5.02 Å².